The van der Waals surface area contributed by atoms with Crippen molar-refractivity contribution in [2.24, 2.45) is 0 Å². The number of thiophene rings is 1. The molecular formula is C22H25N3O2S. The zero-order valence-corrected chi connectivity index (χ0v) is 16.9. The predicted octanol–water partition coefficient (Wildman–Crippen LogP) is 5.48. The minimum atomic E-state index is -0.0482. The van der Waals surface area contributed by atoms with Gasteiger partial charge < -0.3 is 9.84 Å². The lowest BCUT2D eigenvalue weighted by molar-refractivity contribution is -0.114. The van der Waals surface area contributed by atoms with E-state index in [0.29, 0.717) is 0 Å². The maximum absolute atomic E-state index is 11.2. The summed E-state index contributed by atoms with van der Waals surface area (Å²) in [5, 5.41) is 9.30. The van der Waals surface area contributed by atoms with Gasteiger partial charge in [0, 0.05) is 25.2 Å². The highest BCUT2D eigenvalue weighted by atomic mass is 32.1. The molecule has 6 heteroatoms. The molecule has 0 spiro atoms. The maximum Gasteiger partial charge on any atom is 0.221 e. The van der Waals surface area contributed by atoms with Gasteiger partial charge in [-0.15, -0.1) is 11.3 Å². The summed E-state index contributed by atoms with van der Waals surface area (Å²) in [6.07, 6.45) is 4.77. The minimum absolute atomic E-state index is 0.0482. The molecule has 0 unspecified atom stereocenters. The van der Waals surface area contributed by atoms with Gasteiger partial charge in [0.1, 0.15) is 5.69 Å². The molecule has 28 heavy (non-hydrogen) atoms. The molecule has 0 bridgehead atoms. The lowest BCUT2D eigenvalue weighted by Crippen LogP contribution is -2.28. The van der Waals surface area contributed by atoms with Gasteiger partial charge in [-0.1, -0.05) is 36.2 Å². The number of amides is 1. The molecule has 0 saturated carbocycles. The molecule has 1 N–H and O–H groups in total. The van der Waals surface area contributed by atoms with Crippen molar-refractivity contribution in [3.8, 4) is 10.6 Å². The molecule has 4 rings (SSSR count). The smallest absolute Gasteiger partial charge is 0.221 e. The van der Waals surface area contributed by atoms with Gasteiger partial charge in [-0.25, -0.2) is 0 Å². The number of nitrogens with zero attached hydrogens (tertiary/aromatic N) is 2. The van der Waals surface area contributed by atoms with Gasteiger partial charge in [0.05, 0.1) is 10.9 Å². The number of rotatable bonds is 5. The Hall–Kier alpha value is -2.44. The Bertz CT molecular complexity index is 902. The zero-order valence-electron chi connectivity index (χ0n) is 16.1. The Morgan fingerprint density at radius 1 is 1.25 bits per heavy atom. The molecule has 3 aromatic rings. The quantitative estimate of drug-likeness (QED) is 0.621. The third kappa shape index (κ3) is 4.51. The lowest BCUT2D eigenvalue weighted by Gasteiger charge is -2.28. The molecule has 1 saturated heterocycles. The molecule has 1 aliphatic heterocycles. The topological polar surface area (TPSA) is 58.4 Å². The summed E-state index contributed by atoms with van der Waals surface area (Å²) in [5.41, 5.74) is 3.10. The standard InChI is InChI=1S/C22H25N3O2S/c1-16(26)23-18-10-8-17(9-11-18)15-25-12-4-2-3-6-20(25)19-14-21(27-24-19)22-7-5-13-28-22/h5,7-11,13-14,20H,2-4,6,12,15H2,1H3,(H,23,26)/t20-/m1/s1. The third-order valence-corrected chi connectivity index (χ3v) is 6.04. The number of hydrogen-bond acceptors (Lipinski definition) is 5. The van der Waals surface area contributed by atoms with Crippen LogP contribution in [0.4, 0.5) is 5.69 Å². The molecule has 3 heterocycles. The number of likely N-dealkylation sites (tertiary alicyclic amines) is 1. The van der Waals surface area contributed by atoms with E-state index in [4.69, 9.17) is 4.52 Å². The zero-order chi connectivity index (χ0) is 19.3. The molecule has 0 aliphatic carbocycles. The van der Waals surface area contributed by atoms with E-state index in [9.17, 15) is 4.79 Å². The first-order valence-corrected chi connectivity index (χ1v) is 10.7. The van der Waals surface area contributed by atoms with Gasteiger partial charge in [-0.05, 0) is 48.5 Å². The van der Waals surface area contributed by atoms with Crippen LogP contribution in [0.2, 0.25) is 0 Å². The fraction of sp³-hybridized carbons (Fsp3) is 0.364. The minimum Gasteiger partial charge on any atom is -0.355 e. The Morgan fingerprint density at radius 3 is 2.86 bits per heavy atom. The average molecular weight is 396 g/mol. The summed E-state index contributed by atoms with van der Waals surface area (Å²) in [6, 6.07) is 14.6. The Morgan fingerprint density at radius 2 is 2.11 bits per heavy atom. The van der Waals surface area contributed by atoms with Crippen LogP contribution in [-0.4, -0.2) is 22.5 Å². The van der Waals surface area contributed by atoms with E-state index in [1.165, 1.54) is 31.7 Å². The molecule has 146 valence electrons. The molecule has 1 amide bonds. The third-order valence-electron chi connectivity index (χ3n) is 5.16. The number of carbonyl (C=O) groups is 1. The summed E-state index contributed by atoms with van der Waals surface area (Å²) in [5.74, 6) is 0.807. The molecular weight excluding hydrogens is 370 g/mol. The predicted molar refractivity (Wildman–Crippen MR) is 112 cm³/mol. The van der Waals surface area contributed by atoms with Crippen LogP contribution in [0.5, 0.6) is 0 Å². The summed E-state index contributed by atoms with van der Waals surface area (Å²) in [4.78, 5) is 14.8. The second kappa shape index (κ2) is 8.71. The second-order valence-electron chi connectivity index (χ2n) is 7.31. The van der Waals surface area contributed by atoms with Crippen molar-refractivity contribution in [2.45, 2.75) is 45.2 Å². The average Bonchev–Trinajstić information content (AvgIpc) is 3.32. The number of carbonyl (C=O) groups excluding carboxylic acids is 1. The van der Waals surface area contributed by atoms with Crippen LogP contribution >= 0.6 is 11.3 Å². The molecule has 0 radical (unpaired) electrons. The number of hydrogen-bond donors (Lipinski definition) is 1. The largest absolute Gasteiger partial charge is 0.355 e. The Balaban J connectivity index is 1.51. The highest BCUT2D eigenvalue weighted by molar-refractivity contribution is 7.13. The Kier molecular flexibility index (Phi) is 5.88. The van der Waals surface area contributed by atoms with Crippen LogP contribution < -0.4 is 5.32 Å². The van der Waals surface area contributed by atoms with Gasteiger partial charge in [0.15, 0.2) is 5.76 Å². The van der Waals surface area contributed by atoms with Gasteiger partial charge in [-0.2, -0.15) is 0 Å². The monoisotopic (exact) mass is 395 g/mol. The van der Waals surface area contributed by atoms with Gasteiger partial charge >= 0.3 is 0 Å². The number of anilines is 1. The van der Waals surface area contributed by atoms with Crippen LogP contribution in [-0.2, 0) is 11.3 Å². The highest BCUT2D eigenvalue weighted by Crippen LogP contribution is 2.34. The van der Waals surface area contributed by atoms with Crippen molar-refractivity contribution in [1.82, 2.24) is 10.1 Å². The molecule has 2 aromatic heterocycles. The first-order chi connectivity index (χ1) is 13.7. The summed E-state index contributed by atoms with van der Waals surface area (Å²) in [6.45, 7) is 3.45. The van der Waals surface area contributed by atoms with Crippen molar-refractivity contribution in [2.75, 3.05) is 11.9 Å². The van der Waals surface area contributed by atoms with E-state index in [2.05, 4.69) is 45.0 Å². The van der Waals surface area contributed by atoms with Gasteiger partial charge in [-0.3, -0.25) is 9.69 Å². The fourth-order valence-electron chi connectivity index (χ4n) is 3.80. The van der Waals surface area contributed by atoms with Crippen molar-refractivity contribution in [1.29, 1.82) is 0 Å². The first-order valence-electron chi connectivity index (χ1n) is 9.80. The van der Waals surface area contributed by atoms with Crippen molar-refractivity contribution < 1.29 is 9.32 Å². The SMILES string of the molecule is CC(=O)Nc1ccc(CN2CCCCC[C@@H]2c2cc(-c3cccs3)on2)cc1. The van der Waals surface area contributed by atoms with Crippen molar-refractivity contribution in [3.05, 3.63) is 59.1 Å². The summed E-state index contributed by atoms with van der Waals surface area (Å²) in [7, 11) is 0. The van der Waals surface area contributed by atoms with Crippen LogP contribution in [0.1, 0.15) is 49.9 Å². The van der Waals surface area contributed by atoms with Gasteiger partial charge in [0.2, 0.25) is 5.91 Å². The highest BCUT2D eigenvalue weighted by Gasteiger charge is 2.26. The Labute approximate surface area is 169 Å². The van der Waals surface area contributed by atoms with E-state index in [-0.39, 0.29) is 11.9 Å². The van der Waals surface area contributed by atoms with Crippen LogP contribution in [0.25, 0.3) is 10.6 Å². The number of nitrogens with one attached hydrogen (secondary N) is 1. The van der Waals surface area contributed by atoms with E-state index in [1.807, 2.05) is 18.2 Å². The van der Waals surface area contributed by atoms with E-state index >= 15 is 0 Å². The summed E-state index contributed by atoms with van der Waals surface area (Å²) >= 11 is 1.67. The number of aromatic nitrogens is 1. The van der Waals surface area contributed by atoms with Crippen LogP contribution in [0.3, 0.4) is 0 Å². The molecule has 1 aromatic carbocycles. The van der Waals surface area contributed by atoms with Crippen molar-refractivity contribution in [3.63, 3.8) is 0 Å². The molecule has 1 aliphatic rings. The number of benzene rings is 1. The van der Waals surface area contributed by atoms with E-state index < -0.39 is 0 Å². The van der Waals surface area contributed by atoms with Crippen LogP contribution in [0.15, 0.2) is 52.4 Å². The van der Waals surface area contributed by atoms with Crippen LogP contribution in [0, 0.1) is 0 Å². The van der Waals surface area contributed by atoms with Gasteiger partial charge in [0.25, 0.3) is 0 Å². The molecule has 1 atom stereocenters. The first kappa shape index (κ1) is 18.9. The second-order valence-corrected chi connectivity index (χ2v) is 8.25. The van der Waals surface area contributed by atoms with Crippen molar-refractivity contribution >= 4 is 22.9 Å². The summed E-state index contributed by atoms with van der Waals surface area (Å²) < 4.78 is 5.65. The maximum atomic E-state index is 11.2. The van der Waals surface area contributed by atoms with E-state index in [1.54, 1.807) is 11.3 Å². The van der Waals surface area contributed by atoms with E-state index in [0.717, 1.165) is 41.5 Å². The molecule has 5 nitrogen and oxygen atoms in total. The fourth-order valence-corrected chi connectivity index (χ4v) is 4.48. The normalized spacial score (nSPS) is 18.0. The lowest BCUT2D eigenvalue weighted by atomic mass is 10.1. The molecule has 1 fully saturated rings.